The lowest BCUT2D eigenvalue weighted by molar-refractivity contribution is -0.141. The van der Waals surface area contributed by atoms with E-state index in [2.05, 4.69) is 54.4 Å². The predicted molar refractivity (Wildman–Crippen MR) is 150 cm³/mol. The van der Waals surface area contributed by atoms with Gasteiger partial charge in [-0.2, -0.15) is 0 Å². The van der Waals surface area contributed by atoms with Gasteiger partial charge in [0.25, 0.3) is 0 Å². The second-order valence-electron chi connectivity index (χ2n) is 12.0. The number of nitrogens with zero attached hydrogens (tertiary/aromatic N) is 3. The molecule has 9 heteroatoms. The third-order valence-corrected chi connectivity index (χ3v) is 9.06. The normalized spacial score (nSPS) is 20.6. The van der Waals surface area contributed by atoms with Crippen LogP contribution in [0.1, 0.15) is 80.6 Å². The van der Waals surface area contributed by atoms with Crippen molar-refractivity contribution in [2.45, 2.75) is 90.3 Å². The standard InChI is InChI=1S/C30H38N4O4S/c1-17-11-25(38-33-17)26(19-7-6-8-19)29(37)34-15-22(35)13-24(34)28(36)31-14-21-10-9-20(12-23(21)30(3,4)5)27-18(2)32-16-39-27/h9-12,16,19,22,24,26,35H,6-8,13-15H2,1-5H3,(H,31,36)/t22-,24+,26-/m1/s1. The number of aliphatic hydroxyl groups is 1. The van der Waals surface area contributed by atoms with E-state index in [1.54, 1.807) is 16.2 Å². The molecule has 2 aliphatic rings. The number of hydrogen-bond acceptors (Lipinski definition) is 7. The van der Waals surface area contributed by atoms with Crippen molar-refractivity contribution in [2.75, 3.05) is 6.54 Å². The summed E-state index contributed by atoms with van der Waals surface area (Å²) >= 11 is 1.62. The molecule has 1 aromatic carbocycles. The second-order valence-corrected chi connectivity index (χ2v) is 12.9. The van der Waals surface area contributed by atoms with Gasteiger partial charge in [0.1, 0.15) is 17.7 Å². The molecule has 2 fully saturated rings. The van der Waals surface area contributed by atoms with Crippen molar-refractivity contribution in [1.82, 2.24) is 20.4 Å². The average Bonchev–Trinajstić information content (AvgIpc) is 3.58. The monoisotopic (exact) mass is 550 g/mol. The number of aliphatic hydroxyl groups excluding tert-OH is 1. The molecule has 3 heterocycles. The summed E-state index contributed by atoms with van der Waals surface area (Å²) < 4.78 is 5.52. The van der Waals surface area contributed by atoms with Crippen LogP contribution in [-0.4, -0.2) is 50.7 Å². The molecule has 2 amide bonds. The number of nitrogens with one attached hydrogen (secondary N) is 1. The Bertz CT molecular complexity index is 1350. The molecule has 2 aromatic heterocycles. The quantitative estimate of drug-likeness (QED) is 0.434. The zero-order valence-corrected chi connectivity index (χ0v) is 24.2. The minimum Gasteiger partial charge on any atom is -0.391 e. The Kier molecular flexibility index (Phi) is 7.66. The largest absolute Gasteiger partial charge is 0.391 e. The van der Waals surface area contributed by atoms with Crippen molar-refractivity contribution in [3.05, 3.63) is 58.1 Å². The molecule has 1 aliphatic carbocycles. The van der Waals surface area contributed by atoms with E-state index in [9.17, 15) is 14.7 Å². The van der Waals surface area contributed by atoms with Crippen molar-refractivity contribution in [1.29, 1.82) is 0 Å². The van der Waals surface area contributed by atoms with Crippen LogP contribution >= 0.6 is 11.3 Å². The maximum atomic E-state index is 13.8. The molecular weight excluding hydrogens is 512 g/mol. The number of aryl methyl sites for hydroxylation is 2. The van der Waals surface area contributed by atoms with Crippen LogP contribution in [0, 0.1) is 19.8 Å². The zero-order chi connectivity index (χ0) is 27.9. The smallest absolute Gasteiger partial charge is 0.243 e. The fourth-order valence-corrected chi connectivity index (χ4v) is 6.59. The van der Waals surface area contributed by atoms with E-state index in [1.165, 1.54) is 0 Å². The summed E-state index contributed by atoms with van der Waals surface area (Å²) in [4.78, 5) is 34.4. The maximum absolute atomic E-state index is 13.8. The Balaban J connectivity index is 1.34. The number of benzene rings is 1. The molecule has 2 N–H and O–H groups in total. The van der Waals surface area contributed by atoms with Crippen molar-refractivity contribution in [3.8, 4) is 10.4 Å². The first-order valence-electron chi connectivity index (χ1n) is 13.8. The van der Waals surface area contributed by atoms with Gasteiger partial charge >= 0.3 is 0 Å². The molecule has 0 radical (unpaired) electrons. The SMILES string of the molecule is Cc1cc([C@H](C(=O)N2C[C@H](O)C[C@H]2C(=O)NCc2ccc(-c3scnc3C)cc2C(C)(C)C)C2CCC2)on1. The average molecular weight is 551 g/mol. The third kappa shape index (κ3) is 5.65. The van der Waals surface area contributed by atoms with E-state index in [-0.39, 0.29) is 36.1 Å². The Morgan fingerprint density at radius 3 is 2.59 bits per heavy atom. The summed E-state index contributed by atoms with van der Waals surface area (Å²) in [7, 11) is 0. The highest BCUT2D eigenvalue weighted by Gasteiger charge is 2.45. The number of hydrogen-bond donors (Lipinski definition) is 2. The molecule has 0 spiro atoms. The molecule has 39 heavy (non-hydrogen) atoms. The number of rotatable bonds is 7. The number of aromatic nitrogens is 2. The molecule has 1 aliphatic heterocycles. The van der Waals surface area contributed by atoms with E-state index in [4.69, 9.17) is 4.52 Å². The Morgan fingerprint density at radius 1 is 1.23 bits per heavy atom. The zero-order valence-electron chi connectivity index (χ0n) is 23.4. The molecule has 5 rings (SSSR count). The molecule has 3 aromatic rings. The molecule has 8 nitrogen and oxygen atoms in total. The first-order chi connectivity index (χ1) is 18.5. The molecule has 0 bridgehead atoms. The summed E-state index contributed by atoms with van der Waals surface area (Å²) in [6.07, 6.45) is 2.44. The lowest BCUT2D eigenvalue weighted by Gasteiger charge is -2.35. The number of β-amino-alcohol motifs (C(OH)–C–C–N with tert-alkyl or cyclic N) is 1. The van der Waals surface area contributed by atoms with Gasteiger partial charge < -0.3 is 19.8 Å². The van der Waals surface area contributed by atoms with Gasteiger partial charge in [-0.1, -0.05) is 44.5 Å². The van der Waals surface area contributed by atoms with E-state index < -0.39 is 18.1 Å². The number of carbonyl (C=O) groups excluding carboxylic acids is 2. The lowest BCUT2D eigenvalue weighted by atomic mass is 9.74. The summed E-state index contributed by atoms with van der Waals surface area (Å²) in [5.41, 5.74) is 6.76. The van der Waals surface area contributed by atoms with Crippen molar-refractivity contribution in [2.24, 2.45) is 5.92 Å². The van der Waals surface area contributed by atoms with Crippen molar-refractivity contribution in [3.63, 3.8) is 0 Å². The Hall–Kier alpha value is -3.04. The van der Waals surface area contributed by atoms with Gasteiger partial charge in [0.15, 0.2) is 0 Å². The van der Waals surface area contributed by atoms with Crippen molar-refractivity contribution < 1.29 is 19.2 Å². The topological polar surface area (TPSA) is 109 Å². The summed E-state index contributed by atoms with van der Waals surface area (Å²) in [5, 5.41) is 17.6. The first kappa shape index (κ1) is 27.5. The van der Waals surface area contributed by atoms with Crippen LogP contribution in [0.25, 0.3) is 10.4 Å². The first-order valence-corrected chi connectivity index (χ1v) is 14.6. The maximum Gasteiger partial charge on any atom is 0.243 e. The minimum absolute atomic E-state index is 0.134. The third-order valence-electron chi connectivity index (χ3n) is 8.08. The van der Waals surface area contributed by atoms with Gasteiger partial charge in [0.05, 0.1) is 27.9 Å². The highest BCUT2D eigenvalue weighted by atomic mass is 32.1. The fourth-order valence-electron chi connectivity index (χ4n) is 5.79. The van der Waals surface area contributed by atoms with Crippen LogP contribution < -0.4 is 5.32 Å². The highest BCUT2D eigenvalue weighted by molar-refractivity contribution is 7.13. The van der Waals surface area contributed by atoms with Gasteiger partial charge in [0.2, 0.25) is 11.8 Å². The number of likely N-dealkylation sites (tertiary alicyclic amines) is 1. The number of thiazole rings is 1. The van der Waals surface area contributed by atoms with Crippen molar-refractivity contribution >= 4 is 23.2 Å². The molecule has 3 atom stereocenters. The molecule has 0 unspecified atom stereocenters. The minimum atomic E-state index is -0.740. The second kappa shape index (κ2) is 10.8. The van der Waals surface area contributed by atoms with E-state index >= 15 is 0 Å². The predicted octanol–water partition coefficient (Wildman–Crippen LogP) is 4.87. The summed E-state index contributed by atoms with van der Waals surface area (Å²) in [6, 6.07) is 7.43. The summed E-state index contributed by atoms with van der Waals surface area (Å²) in [5.74, 6) is -0.165. The van der Waals surface area contributed by atoms with Gasteiger partial charge in [0, 0.05) is 25.6 Å². The highest BCUT2D eigenvalue weighted by Crippen LogP contribution is 2.42. The van der Waals surface area contributed by atoms with Gasteiger partial charge in [-0.15, -0.1) is 11.3 Å². The Labute approximate surface area is 233 Å². The van der Waals surface area contributed by atoms with E-state index in [0.29, 0.717) is 12.3 Å². The number of carbonyl (C=O) groups is 2. The van der Waals surface area contributed by atoms with Crippen LogP contribution in [0.2, 0.25) is 0 Å². The van der Waals surface area contributed by atoms with Crippen LogP contribution in [0.5, 0.6) is 0 Å². The van der Waals surface area contributed by atoms with Crippen LogP contribution in [0.4, 0.5) is 0 Å². The lowest BCUT2D eigenvalue weighted by Crippen LogP contribution is -2.48. The molecule has 1 saturated heterocycles. The summed E-state index contributed by atoms with van der Waals surface area (Å²) in [6.45, 7) is 10.8. The van der Waals surface area contributed by atoms with Crippen LogP contribution in [0.3, 0.4) is 0 Å². The fraction of sp³-hybridized carbons (Fsp3) is 0.533. The number of amides is 2. The van der Waals surface area contributed by atoms with E-state index in [1.807, 2.05) is 25.4 Å². The van der Waals surface area contributed by atoms with E-state index in [0.717, 1.165) is 52.2 Å². The Morgan fingerprint density at radius 2 is 2.00 bits per heavy atom. The van der Waals surface area contributed by atoms with Crippen LogP contribution in [-0.2, 0) is 21.5 Å². The van der Waals surface area contributed by atoms with Gasteiger partial charge in [-0.3, -0.25) is 9.59 Å². The molecular formula is C30H38N4O4S. The van der Waals surface area contributed by atoms with Gasteiger partial charge in [-0.05, 0) is 60.8 Å². The molecule has 208 valence electrons. The van der Waals surface area contributed by atoms with Crippen LogP contribution in [0.15, 0.2) is 34.3 Å². The molecule has 1 saturated carbocycles. The van der Waals surface area contributed by atoms with Gasteiger partial charge in [-0.25, -0.2) is 4.98 Å².